The van der Waals surface area contributed by atoms with Crippen LogP contribution in [0.4, 0.5) is 11.6 Å². The minimum absolute atomic E-state index is 0.0885. The van der Waals surface area contributed by atoms with E-state index in [1.165, 1.54) is 0 Å². The Morgan fingerprint density at radius 1 is 1.07 bits per heavy atom. The van der Waals surface area contributed by atoms with Crippen LogP contribution in [0.25, 0.3) is 5.65 Å². The van der Waals surface area contributed by atoms with Crippen molar-refractivity contribution in [1.82, 2.24) is 24.2 Å². The standard InChI is InChI=1S/C28H37ClN8O3S/c1-28(19-8-10-20(29)11-9-19)27(38)36-13-4-3-7-23(36)22-15-25-31-24(35-17-21(30)18-35)16-26(37(25)32-22)34(2)12-5-6-14-41(39,40)33-28/h8-11,15-16,21,23,33H,3-7,12-14,17-18,30H2,1-2H3. The van der Waals surface area contributed by atoms with Gasteiger partial charge in [0.25, 0.3) is 0 Å². The summed E-state index contributed by atoms with van der Waals surface area (Å²) in [7, 11) is -1.81. The molecule has 41 heavy (non-hydrogen) atoms. The normalized spacial score (nSPS) is 26.0. The number of piperidine rings is 1. The van der Waals surface area contributed by atoms with Crippen LogP contribution >= 0.6 is 11.6 Å². The Morgan fingerprint density at radius 2 is 1.80 bits per heavy atom. The Bertz CT molecular complexity index is 1560. The second-order valence-electron chi connectivity index (χ2n) is 11.7. The first kappa shape index (κ1) is 28.2. The predicted octanol–water partition coefficient (Wildman–Crippen LogP) is 2.65. The molecule has 13 heteroatoms. The molecule has 1 aromatic carbocycles. The lowest BCUT2D eigenvalue weighted by molar-refractivity contribution is -0.141. The number of rotatable bonds is 2. The number of amides is 1. The van der Waals surface area contributed by atoms with Gasteiger partial charge < -0.3 is 20.4 Å². The van der Waals surface area contributed by atoms with Crippen LogP contribution in [0.15, 0.2) is 36.4 Å². The lowest BCUT2D eigenvalue weighted by Crippen LogP contribution is -2.57. The van der Waals surface area contributed by atoms with E-state index in [0.29, 0.717) is 42.2 Å². The molecule has 2 unspecified atom stereocenters. The van der Waals surface area contributed by atoms with Crippen molar-refractivity contribution in [1.29, 1.82) is 0 Å². The highest BCUT2D eigenvalue weighted by atomic mass is 35.5. The number of carbonyl (C=O) groups excluding carboxylic acids is 1. The van der Waals surface area contributed by atoms with Crippen LogP contribution in [-0.4, -0.2) is 78.8 Å². The molecule has 2 bridgehead atoms. The van der Waals surface area contributed by atoms with Crippen molar-refractivity contribution in [2.24, 2.45) is 5.73 Å². The van der Waals surface area contributed by atoms with E-state index < -0.39 is 15.6 Å². The molecular weight excluding hydrogens is 564 g/mol. The Kier molecular flexibility index (Phi) is 7.37. The van der Waals surface area contributed by atoms with Crippen LogP contribution in [0, 0.1) is 0 Å². The van der Waals surface area contributed by atoms with Crippen molar-refractivity contribution >= 4 is 44.8 Å². The van der Waals surface area contributed by atoms with E-state index in [1.54, 1.807) is 36.1 Å². The molecule has 2 atom stereocenters. The van der Waals surface area contributed by atoms with Crippen molar-refractivity contribution in [2.75, 3.05) is 48.8 Å². The number of anilines is 2. The smallest absolute Gasteiger partial charge is 0.248 e. The maximum Gasteiger partial charge on any atom is 0.248 e. The molecule has 6 rings (SSSR count). The van der Waals surface area contributed by atoms with Gasteiger partial charge in [0.1, 0.15) is 17.2 Å². The predicted molar refractivity (Wildman–Crippen MR) is 160 cm³/mol. The minimum atomic E-state index is -3.80. The van der Waals surface area contributed by atoms with Crippen molar-refractivity contribution in [3.8, 4) is 0 Å². The van der Waals surface area contributed by atoms with Crippen LogP contribution in [0.3, 0.4) is 0 Å². The Labute approximate surface area is 245 Å². The van der Waals surface area contributed by atoms with Crippen molar-refractivity contribution in [3.05, 3.63) is 52.7 Å². The molecule has 0 spiro atoms. The molecule has 2 fully saturated rings. The van der Waals surface area contributed by atoms with E-state index in [1.807, 2.05) is 23.7 Å². The van der Waals surface area contributed by atoms with Gasteiger partial charge in [0.2, 0.25) is 15.9 Å². The number of halogens is 1. The number of hydrogen-bond acceptors (Lipinski definition) is 8. The summed E-state index contributed by atoms with van der Waals surface area (Å²) in [6.45, 7) is 4.27. The quantitative estimate of drug-likeness (QED) is 0.459. The molecule has 3 N–H and O–H groups in total. The number of sulfonamides is 1. The van der Waals surface area contributed by atoms with Gasteiger partial charge in [0, 0.05) is 56.4 Å². The van der Waals surface area contributed by atoms with Gasteiger partial charge in [-0.1, -0.05) is 23.7 Å². The molecule has 5 heterocycles. The minimum Gasteiger partial charge on any atom is -0.359 e. The molecule has 3 aromatic rings. The summed E-state index contributed by atoms with van der Waals surface area (Å²) in [5.74, 6) is 1.31. The van der Waals surface area contributed by atoms with E-state index in [0.717, 1.165) is 49.7 Å². The fourth-order valence-corrected chi connectivity index (χ4v) is 7.80. The molecule has 3 aliphatic heterocycles. The largest absolute Gasteiger partial charge is 0.359 e. The van der Waals surface area contributed by atoms with E-state index >= 15 is 0 Å². The van der Waals surface area contributed by atoms with Crippen LogP contribution in [0.5, 0.6) is 0 Å². The number of carbonyl (C=O) groups is 1. The topological polar surface area (TPSA) is 129 Å². The van der Waals surface area contributed by atoms with Gasteiger partial charge in [-0.05, 0) is 56.7 Å². The van der Waals surface area contributed by atoms with Crippen LogP contribution in [-0.2, 0) is 20.4 Å². The third-order valence-electron chi connectivity index (χ3n) is 8.51. The first-order chi connectivity index (χ1) is 19.5. The van der Waals surface area contributed by atoms with Crippen LogP contribution in [0.2, 0.25) is 5.02 Å². The number of aromatic nitrogens is 3. The van der Waals surface area contributed by atoms with Gasteiger partial charge in [0.05, 0.1) is 17.5 Å². The van der Waals surface area contributed by atoms with E-state index in [9.17, 15) is 13.2 Å². The highest BCUT2D eigenvalue weighted by Crippen LogP contribution is 2.37. The van der Waals surface area contributed by atoms with E-state index in [4.69, 9.17) is 27.4 Å². The summed E-state index contributed by atoms with van der Waals surface area (Å²) in [4.78, 5) is 25.5. The zero-order valence-electron chi connectivity index (χ0n) is 23.5. The third-order valence-corrected chi connectivity index (χ3v) is 10.3. The second kappa shape index (κ2) is 10.7. The van der Waals surface area contributed by atoms with Gasteiger partial charge in [-0.15, -0.1) is 0 Å². The highest BCUT2D eigenvalue weighted by molar-refractivity contribution is 7.89. The van der Waals surface area contributed by atoms with Gasteiger partial charge in [0.15, 0.2) is 5.65 Å². The Morgan fingerprint density at radius 3 is 2.54 bits per heavy atom. The summed E-state index contributed by atoms with van der Waals surface area (Å²) < 4.78 is 31.5. The van der Waals surface area contributed by atoms with Gasteiger partial charge in [-0.25, -0.2) is 13.4 Å². The molecule has 2 aromatic heterocycles. The van der Waals surface area contributed by atoms with E-state index in [2.05, 4.69) is 14.5 Å². The summed E-state index contributed by atoms with van der Waals surface area (Å²) in [6, 6.07) is 10.6. The molecule has 2 saturated heterocycles. The Hall–Kier alpha value is -2.93. The molecular formula is C28H37ClN8O3S. The number of fused-ring (bicyclic) bond motifs is 3. The molecule has 3 aliphatic rings. The monoisotopic (exact) mass is 600 g/mol. The van der Waals surface area contributed by atoms with Crippen molar-refractivity contribution in [3.63, 3.8) is 0 Å². The number of hydrogen-bond donors (Lipinski definition) is 2. The molecule has 0 radical (unpaired) electrons. The number of nitrogens with one attached hydrogen (secondary N) is 1. The summed E-state index contributed by atoms with van der Waals surface area (Å²) in [5, 5.41) is 5.52. The lowest BCUT2D eigenvalue weighted by atomic mass is 9.89. The zero-order chi connectivity index (χ0) is 28.9. The lowest BCUT2D eigenvalue weighted by Gasteiger charge is -2.41. The molecule has 11 nitrogen and oxygen atoms in total. The molecule has 220 valence electrons. The summed E-state index contributed by atoms with van der Waals surface area (Å²) >= 11 is 6.15. The zero-order valence-corrected chi connectivity index (χ0v) is 25.0. The first-order valence-electron chi connectivity index (χ1n) is 14.3. The van der Waals surface area contributed by atoms with Crippen molar-refractivity contribution < 1.29 is 13.2 Å². The van der Waals surface area contributed by atoms with E-state index in [-0.39, 0.29) is 23.7 Å². The third kappa shape index (κ3) is 5.38. The second-order valence-corrected chi connectivity index (χ2v) is 13.9. The molecule has 0 saturated carbocycles. The maximum atomic E-state index is 14.5. The Balaban J connectivity index is 1.47. The first-order valence-corrected chi connectivity index (χ1v) is 16.3. The maximum absolute atomic E-state index is 14.5. The van der Waals surface area contributed by atoms with Gasteiger partial charge in [-0.3, -0.25) is 4.79 Å². The van der Waals surface area contributed by atoms with Gasteiger partial charge >= 0.3 is 0 Å². The summed E-state index contributed by atoms with van der Waals surface area (Å²) in [6.07, 6.45) is 3.55. The average Bonchev–Trinajstić information content (AvgIpc) is 3.36. The van der Waals surface area contributed by atoms with Gasteiger partial charge in [-0.2, -0.15) is 14.3 Å². The molecule has 1 amide bonds. The van der Waals surface area contributed by atoms with Crippen LogP contribution < -0.4 is 20.3 Å². The SMILES string of the molecule is CN1CCCCS(=O)(=O)NC(C)(c2ccc(Cl)cc2)C(=O)N2CCCCC2c2cc3nc(N4CC(N)C4)cc1n3n2. The van der Waals surface area contributed by atoms with Crippen LogP contribution in [0.1, 0.15) is 56.3 Å². The fourth-order valence-electron chi connectivity index (χ4n) is 6.16. The number of nitrogens with two attached hydrogens (primary N) is 1. The highest BCUT2D eigenvalue weighted by Gasteiger charge is 2.45. The number of nitrogens with zero attached hydrogens (tertiary/aromatic N) is 6. The van der Waals surface area contributed by atoms with Crippen molar-refractivity contribution in [2.45, 2.75) is 56.7 Å². The molecule has 0 aliphatic carbocycles. The fraction of sp³-hybridized carbons (Fsp3) is 0.536. The summed E-state index contributed by atoms with van der Waals surface area (Å²) in [5.41, 5.74) is 6.55. The average molecular weight is 601 g/mol. The number of benzene rings is 1.